The van der Waals surface area contributed by atoms with E-state index >= 15 is 0 Å². The maximum absolute atomic E-state index is 10.6. The van der Waals surface area contributed by atoms with Crippen LogP contribution in [0.15, 0.2) is 42.7 Å². The Labute approximate surface area is 182 Å². The van der Waals surface area contributed by atoms with E-state index in [4.69, 9.17) is 4.74 Å². The van der Waals surface area contributed by atoms with Crippen molar-refractivity contribution in [1.82, 2.24) is 25.3 Å². The summed E-state index contributed by atoms with van der Waals surface area (Å²) >= 11 is 0. The highest BCUT2D eigenvalue weighted by Gasteiger charge is 2.46. The Hall–Kier alpha value is -2.93. The average molecular weight is 420 g/mol. The maximum Gasteiger partial charge on any atom is 0.233 e. The lowest BCUT2D eigenvalue weighted by atomic mass is 9.70. The topological polar surface area (TPSA) is 85.1 Å². The van der Waals surface area contributed by atoms with Crippen LogP contribution in [0.1, 0.15) is 46.0 Å². The van der Waals surface area contributed by atoms with Crippen molar-refractivity contribution in [3.63, 3.8) is 0 Å². The molecule has 0 unspecified atom stereocenters. The third-order valence-electron chi connectivity index (χ3n) is 6.66. The van der Waals surface area contributed by atoms with Crippen LogP contribution in [0.25, 0.3) is 22.4 Å². The Morgan fingerprint density at radius 2 is 1.84 bits per heavy atom. The minimum absolute atomic E-state index is 0.129. The summed E-state index contributed by atoms with van der Waals surface area (Å²) in [5.41, 5.74) is 3.37. The first-order chi connectivity index (χ1) is 14.8. The normalized spacial score (nSPS) is 27.8. The number of hydrogen-bond acceptors (Lipinski definition) is 6. The lowest BCUT2D eigenvalue weighted by Gasteiger charge is -2.53. The fourth-order valence-corrected chi connectivity index (χ4v) is 5.38. The predicted molar refractivity (Wildman–Crippen MR) is 119 cm³/mol. The van der Waals surface area contributed by atoms with Gasteiger partial charge in [-0.3, -0.25) is 4.68 Å². The van der Waals surface area contributed by atoms with Crippen LogP contribution in [0.4, 0.5) is 0 Å². The summed E-state index contributed by atoms with van der Waals surface area (Å²) in [5.74, 6) is 0.698. The monoisotopic (exact) mass is 419 g/mol. The molecule has 162 valence electrons. The van der Waals surface area contributed by atoms with Gasteiger partial charge in [0.1, 0.15) is 11.9 Å². The van der Waals surface area contributed by atoms with Crippen LogP contribution in [0.3, 0.4) is 0 Å². The smallest absolute Gasteiger partial charge is 0.233 e. The molecule has 3 aromatic rings. The van der Waals surface area contributed by atoms with Gasteiger partial charge in [0.05, 0.1) is 11.9 Å². The number of phenols is 1. The highest BCUT2D eigenvalue weighted by Crippen LogP contribution is 2.41. The summed E-state index contributed by atoms with van der Waals surface area (Å²) in [6, 6.07) is 9.24. The van der Waals surface area contributed by atoms with Gasteiger partial charge in [-0.2, -0.15) is 5.10 Å². The molecular formula is C24H29N5O2. The van der Waals surface area contributed by atoms with Crippen LogP contribution in [0.5, 0.6) is 11.6 Å². The molecule has 5 rings (SSSR count). The van der Waals surface area contributed by atoms with E-state index in [1.807, 2.05) is 37.5 Å². The molecule has 2 fully saturated rings. The first-order valence-electron chi connectivity index (χ1n) is 10.9. The summed E-state index contributed by atoms with van der Waals surface area (Å²) in [6.07, 6.45) is 9.40. The molecule has 0 spiro atoms. The molecule has 0 amide bonds. The number of nitrogens with zero attached hydrogens (tertiary/aromatic N) is 4. The number of aromatic hydroxyl groups is 1. The molecule has 2 aliphatic rings. The number of hydrogen-bond donors (Lipinski definition) is 2. The molecule has 2 saturated heterocycles. The lowest BCUT2D eigenvalue weighted by Crippen LogP contribution is -2.65. The van der Waals surface area contributed by atoms with E-state index in [-0.39, 0.29) is 22.9 Å². The zero-order valence-corrected chi connectivity index (χ0v) is 18.3. The Morgan fingerprint density at radius 3 is 2.45 bits per heavy atom. The minimum Gasteiger partial charge on any atom is -0.507 e. The van der Waals surface area contributed by atoms with Crippen LogP contribution in [-0.4, -0.2) is 42.3 Å². The number of fused-ring (bicyclic) bond motifs is 2. The van der Waals surface area contributed by atoms with Crippen molar-refractivity contribution in [2.45, 2.75) is 63.1 Å². The van der Waals surface area contributed by atoms with Gasteiger partial charge >= 0.3 is 0 Å². The second-order valence-corrected chi connectivity index (χ2v) is 9.64. The largest absolute Gasteiger partial charge is 0.507 e. The quantitative estimate of drug-likeness (QED) is 0.663. The summed E-state index contributed by atoms with van der Waals surface area (Å²) in [6.45, 7) is 4.60. The van der Waals surface area contributed by atoms with Crippen LogP contribution in [-0.2, 0) is 7.05 Å². The molecule has 2 aliphatic heterocycles. The number of rotatable bonds is 4. The molecular weight excluding hydrogens is 390 g/mol. The first-order valence-corrected chi connectivity index (χ1v) is 10.9. The number of ether oxygens (including phenoxy) is 1. The maximum atomic E-state index is 10.6. The molecule has 3 atom stereocenters. The molecule has 0 radical (unpaired) electrons. The zero-order chi connectivity index (χ0) is 21.6. The van der Waals surface area contributed by atoms with Crippen LogP contribution < -0.4 is 10.1 Å². The number of aryl methyl sites for hydroxylation is 1. The van der Waals surface area contributed by atoms with E-state index in [1.54, 1.807) is 16.9 Å². The Morgan fingerprint density at radius 1 is 1.06 bits per heavy atom. The van der Waals surface area contributed by atoms with E-state index in [9.17, 15) is 5.11 Å². The third-order valence-corrected chi connectivity index (χ3v) is 6.66. The van der Waals surface area contributed by atoms with Crippen LogP contribution in [0, 0.1) is 0 Å². The molecule has 4 heterocycles. The van der Waals surface area contributed by atoms with Crippen LogP contribution >= 0.6 is 0 Å². The van der Waals surface area contributed by atoms with E-state index in [1.165, 1.54) is 19.3 Å². The van der Waals surface area contributed by atoms with Crippen molar-refractivity contribution in [1.29, 1.82) is 0 Å². The third kappa shape index (κ3) is 4.02. The van der Waals surface area contributed by atoms with Crippen molar-refractivity contribution in [2.75, 3.05) is 0 Å². The number of aromatic nitrogens is 4. The lowest BCUT2D eigenvalue weighted by molar-refractivity contribution is 0.00726. The van der Waals surface area contributed by atoms with Gasteiger partial charge in [0.2, 0.25) is 5.88 Å². The van der Waals surface area contributed by atoms with Gasteiger partial charge in [-0.1, -0.05) is 6.07 Å². The number of benzene rings is 1. The van der Waals surface area contributed by atoms with E-state index in [0.29, 0.717) is 17.1 Å². The molecule has 31 heavy (non-hydrogen) atoms. The van der Waals surface area contributed by atoms with Gasteiger partial charge in [-0.05, 0) is 56.9 Å². The van der Waals surface area contributed by atoms with Gasteiger partial charge in [0.15, 0.2) is 0 Å². The van der Waals surface area contributed by atoms with Gasteiger partial charge in [-0.25, -0.2) is 0 Å². The van der Waals surface area contributed by atoms with Crippen molar-refractivity contribution in [3.8, 4) is 34.0 Å². The SMILES string of the molecule is Cn1cc(-c2ccc(-c3ccc(O[C@H]4C[C@]5(C)CCC[C@](C)(C4)N5)nn3)c(O)c2)cn1. The Kier molecular flexibility index (Phi) is 4.73. The van der Waals surface area contributed by atoms with E-state index < -0.39 is 0 Å². The summed E-state index contributed by atoms with van der Waals surface area (Å²) in [4.78, 5) is 0. The molecule has 0 aliphatic carbocycles. The molecule has 2 aromatic heterocycles. The van der Waals surface area contributed by atoms with Gasteiger partial charge < -0.3 is 15.2 Å². The fraction of sp³-hybridized carbons (Fsp3) is 0.458. The molecule has 2 bridgehead atoms. The summed E-state index contributed by atoms with van der Waals surface area (Å²) in [5, 5.41) is 27.2. The number of phenolic OH excluding ortho intramolecular Hbond substituents is 1. The molecule has 0 saturated carbocycles. The van der Waals surface area contributed by atoms with E-state index in [2.05, 4.69) is 34.5 Å². The van der Waals surface area contributed by atoms with Crippen molar-refractivity contribution >= 4 is 0 Å². The first kappa shape index (κ1) is 20.0. The van der Waals surface area contributed by atoms with Crippen LogP contribution in [0.2, 0.25) is 0 Å². The highest BCUT2D eigenvalue weighted by atomic mass is 16.5. The van der Waals surface area contributed by atoms with Gasteiger partial charge in [0.25, 0.3) is 0 Å². The predicted octanol–water partition coefficient (Wildman–Crippen LogP) is 4.08. The molecule has 2 N–H and O–H groups in total. The average Bonchev–Trinajstić information content (AvgIpc) is 3.13. The van der Waals surface area contributed by atoms with Gasteiger partial charge in [0, 0.05) is 54.4 Å². The van der Waals surface area contributed by atoms with Gasteiger partial charge in [-0.15, -0.1) is 10.2 Å². The Balaban J connectivity index is 1.31. The number of nitrogens with one attached hydrogen (secondary N) is 1. The van der Waals surface area contributed by atoms with Crippen molar-refractivity contribution in [3.05, 3.63) is 42.7 Å². The van der Waals surface area contributed by atoms with E-state index in [0.717, 1.165) is 24.0 Å². The standard InChI is InChI=1S/C24H29N5O2/c1-23-9-4-10-24(2,28-23)13-18(12-23)31-22-8-7-20(26-27-22)19-6-5-16(11-21(19)30)17-14-25-29(3)15-17/h5-8,11,14-15,18,28,30H,4,9-10,12-13H2,1-3H3/t18-,23-,24+. The summed E-state index contributed by atoms with van der Waals surface area (Å²) < 4.78 is 7.97. The molecule has 1 aromatic carbocycles. The minimum atomic E-state index is 0.129. The van der Waals surface area contributed by atoms with Crippen molar-refractivity contribution < 1.29 is 9.84 Å². The molecule has 7 nitrogen and oxygen atoms in total. The van der Waals surface area contributed by atoms with Crippen molar-refractivity contribution in [2.24, 2.45) is 7.05 Å². The zero-order valence-electron chi connectivity index (χ0n) is 18.3. The number of piperidine rings is 2. The second-order valence-electron chi connectivity index (χ2n) is 9.64. The second kappa shape index (κ2) is 7.34. The molecule has 7 heteroatoms. The fourth-order valence-electron chi connectivity index (χ4n) is 5.38. The summed E-state index contributed by atoms with van der Waals surface area (Å²) in [7, 11) is 1.87. The highest BCUT2D eigenvalue weighted by molar-refractivity contribution is 5.73. The Bertz CT molecular complexity index is 1080.